The predicted octanol–water partition coefficient (Wildman–Crippen LogP) is 4.32. The number of fused-ring (bicyclic) bond motifs is 1. The molecule has 0 aliphatic carbocycles. The van der Waals surface area contributed by atoms with E-state index in [1.807, 2.05) is 30.5 Å². The Morgan fingerprint density at radius 1 is 0.926 bits per heavy atom. The van der Waals surface area contributed by atoms with Crippen molar-refractivity contribution in [2.75, 3.05) is 25.8 Å². The van der Waals surface area contributed by atoms with Crippen LogP contribution >= 0.6 is 0 Å². The van der Waals surface area contributed by atoms with Crippen LogP contribution in [0.1, 0.15) is 16.7 Å². The van der Waals surface area contributed by atoms with Crippen LogP contribution in [0.2, 0.25) is 0 Å². The molecule has 2 aromatic rings. The Balaban J connectivity index is 1.76. The Kier molecular flexibility index (Phi) is 4.36. The molecular weight excluding hydrogens is 338 g/mol. The molecule has 0 spiro atoms. The fourth-order valence-electron chi connectivity index (χ4n) is 3.61. The van der Waals surface area contributed by atoms with Crippen molar-refractivity contribution in [3.63, 3.8) is 0 Å². The molecule has 0 amide bonds. The van der Waals surface area contributed by atoms with Gasteiger partial charge in [0.2, 0.25) is 0 Å². The van der Waals surface area contributed by atoms with Crippen LogP contribution in [0.5, 0.6) is 11.5 Å². The molecule has 0 saturated heterocycles. The zero-order valence-corrected chi connectivity index (χ0v) is 16.1. The maximum absolute atomic E-state index is 5.49. The smallest absolute Gasteiger partial charge is 0.161 e. The van der Waals surface area contributed by atoms with Crippen molar-refractivity contribution < 1.29 is 9.47 Å². The van der Waals surface area contributed by atoms with Gasteiger partial charge in [0.05, 0.1) is 32.1 Å². The Hall–Kier alpha value is -3.21. The number of methoxy groups -OCH3 is 2. The fourth-order valence-corrected chi connectivity index (χ4v) is 3.61. The normalized spacial score (nSPS) is 15.4. The maximum Gasteiger partial charge on any atom is 0.161 e. The number of ether oxygens (including phenoxy) is 2. The van der Waals surface area contributed by atoms with Gasteiger partial charge in [0.25, 0.3) is 0 Å². The Morgan fingerprint density at radius 3 is 2.37 bits per heavy atom. The average molecular weight is 361 g/mol. The average Bonchev–Trinajstić information content (AvgIpc) is 3.11. The number of allylic oxidation sites excluding steroid dienone is 1. The quantitative estimate of drug-likeness (QED) is 0.813. The molecule has 0 atom stereocenters. The minimum Gasteiger partial charge on any atom is -0.493 e. The first kappa shape index (κ1) is 17.2. The molecule has 0 saturated carbocycles. The third-order valence-corrected chi connectivity index (χ3v) is 4.76. The maximum atomic E-state index is 5.49. The molecule has 0 radical (unpaired) electrons. The van der Waals surface area contributed by atoms with Crippen molar-refractivity contribution in [1.82, 2.24) is 5.01 Å². The van der Waals surface area contributed by atoms with Gasteiger partial charge in [-0.05, 0) is 67.5 Å². The van der Waals surface area contributed by atoms with Crippen molar-refractivity contribution >= 4 is 17.6 Å². The van der Waals surface area contributed by atoms with Crippen LogP contribution < -0.4 is 14.5 Å². The highest BCUT2D eigenvalue weighted by molar-refractivity contribution is 5.88. The summed E-state index contributed by atoms with van der Waals surface area (Å²) in [7, 11) is 3.30. The molecule has 5 nitrogen and oxygen atoms in total. The van der Waals surface area contributed by atoms with E-state index in [9.17, 15) is 0 Å². The minimum absolute atomic E-state index is 0.709. The summed E-state index contributed by atoms with van der Waals surface area (Å²) < 4.78 is 10.9. The topological polar surface area (TPSA) is 37.3 Å². The molecule has 0 bridgehead atoms. The number of benzene rings is 2. The number of aryl methyl sites for hydroxylation is 2. The van der Waals surface area contributed by atoms with Gasteiger partial charge in [-0.15, -0.1) is 0 Å². The van der Waals surface area contributed by atoms with Gasteiger partial charge in [0.1, 0.15) is 5.82 Å². The van der Waals surface area contributed by atoms with Crippen LogP contribution in [0.25, 0.3) is 5.70 Å². The van der Waals surface area contributed by atoms with Crippen LogP contribution in [0.3, 0.4) is 0 Å². The summed E-state index contributed by atoms with van der Waals surface area (Å²) >= 11 is 0. The van der Waals surface area contributed by atoms with E-state index >= 15 is 0 Å². The molecule has 2 aliphatic rings. The third kappa shape index (κ3) is 3.05. The van der Waals surface area contributed by atoms with E-state index in [1.54, 1.807) is 14.2 Å². The summed E-state index contributed by atoms with van der Waals surface area (Å²) in [6, 6.07) is 12.6. The second kappa shape index (κ2) is 6.83. The summed E-state index contributed by atoms with van der Waals surface area (Å²) in [4.78, 5) is 4.55. The van der Waals surface area contributed by atoms with Gasteiger partial charge in [-0.3, -0.25) is 5.01 Å². The molecular formula is C22H23N3O2. The number of rotatable bonds is 4. The van der Waals surface area contributed by atoms with Crippen molar-refractivity contribution in [1.29, 1.82) is 0 Å². The molecule has 2 aromatic carbocycles. The van der Waals surface area contributed by atoms with E-state index in [2.05, 4.69) is 53.1 Å². The number of aliphatic imine (C=N–C) groups is 1. The van der Waals surface area contributed by atoms with E-state index in [0.717, 1.165) is 35.1 Å². The highest BCUT2D eigenvalue weighted by Crippen LogP contribution is 2.38. The lowest BCUT2D eigenvalue weighted by Gasteiger charge is -2.36. The lowest BCUT2D eigenvalue weighted by Crippen LogP contribution is -2.37. The number of anilines is 1. The van der Waals surface area contributed by atoms with Crippen molar-refractivity contribution in [3.05, 3.63) is 71.1 Å². The van der Waals surface area contributed by atoms with E-state index in [4.69, 9.17) is 9.47 Å². The van der Waals surface area contributed by atoms with Gasteiger partial charge in [-0.25, -0.2) is 10.0 Å². The van der Waals surface area contributed by atoms with Crippen molar-refractivity contribution in [3.8, 4) is 11.5 Å². The number of hydrazine groups is 1. The molecule has 4 rings (SSSR count). The summed E-state index contributed by atoms with van der Waals surface area (Å²) in [5, 5.41) is 4.41. The first-order chi connectivity index (χ1) is 13.1. The van der Waals surface area contributed by atoms with Gasteiger partial charge >= 0.3 is 0 Å². The van der Waals surface area contributed by atoms with Gasteiger partial charge < -0.3 is 9.47 Å². The zero-order chi connectivity index (χ0) is 19.0. The molecule has 0 fully saturated rings. The fraction of sp³-hybridized carbons (Fsp3) is 0.227. The molecule has 2 heterocycles. The monoisotopic (exact) mass is 361 g/mol. The predicted molar refractivity (Wildman–Crippen MR) is 109 cm³/mol. The molecule has 5 heteroatoms. The minimum atomic E-state index is 0.709. The Labute approximate surface area is 159 Å². The standard InChI is InChI=1S/C22H23N3O2/c1-15-11-16(2)13-18(12-15)24-10-8-22-23-9-7-19(25(22)24)17-5-6-20(26-3)21(14-17)27-4/h5-9,11-14H,10H2,1-4H3. The summed E-state index contributed by atoms with van der Waals surface area (Å²) in [6.45, 7) is 5.03. The highest BCUT2D eigenvalue weighted by Gasteiger charge is 2.30. The first-order valence-corrected chi connectivity index (χ1v) is 8.93. The van der Waals surface area contributed by atoms with Crippen LogP contribution in [0.15, 0.2) is 59.4 Å². The van der Waals surface area contributed by atoms with E-state index in [1.165, 1.54) is 11.1 Å². The van der Waals surface area contributed by atoms with E-state index < -0.39 is 0 Å². The van der Waals surface area contributed by atoms with Crippen LogP contribution in [-0.4, -0.2) is 32.0 Å². The molecule has 2 aliphatic heterocycles. The van der Waals surface area contributed by atoms with Gasteiger partial charge in [0.15, 0.2) is 11.5 Å². The molecule has 0 N–H and O–H groups in total. The van der Waals surface area contributed by atoms with Crippen LogP contribution in [0.4, 0.5) is 5.69 Å². The van der Waals surface area contributed by atoms with Gasteiger partial charge in [-0.2, -0.15) is 0 Å². The third-order valence-electron chi connectivity index (χ3n) is 4.76. The number of hydrogen-bond donors (Lipinski definition) is 0. The Bertz CT molecular complexity index is 955. The molecule has 0 aromatic heterocycles. The lowest BCUT2D eigenvalue weighted by atomic mass is 10.1. The first-order valence-electron chi connectivity index (χ1n) is 8.93. The number of nitrogens with zero attached hydrogens (tertiary/aromatic N) is 3. The van der Waals surface area contributed by atoms with E-state index in [0.29, 0.717) is 5.75 Å². The van der Waals surface area contributed by atoms with Crippen LogP contribution in [0, 0.1) is 13.8 Å². The van der Waals surface area contributed by atoms with Gasteiger partial charge in [-0.1, -0.05) is 6.07 Å². The summed E-state index contributed by atoms with van der Waals surface area (Å²) in [5.74, 6) is 2.36. The van der Waals surface area contributed by atoms with E-state index in [-0.39, 0.29) is 0 Å². The molecule has 0 unspecified atom stereocenters. The second-order valence-electron chi connectivity index (χ2n) is 6.70. The lowest BCUT2D eigenvalue weighted by molar-refractivity contribution is 0.354. The molecule has 138 valence electrons. The second-order valence-corrected chi connectivity index (χ2v) is 6.70. The van der Waals surface area contributed by atoms with Crippen LogP contribution in [-0.2, 0) is 0 Å². The highest BCUT2D eigenvalue weighted by atomic mass is 16.5. The summed E-state index contributed by atoms with van der Waals surface area (Å²) in [5.41, 5.74) is 5.74. The van der Waals surface area contributed by atoms with Crippen molar-refractivity contribution in [2.24, 2.45) is 4.99 Å². The largest absolute Gasteiger partial charge is 0.493 e. The zero-order valence-electron chi connectivity index (χ0n) is 16.1. The molecule has 27 heavy (non-hydrogen) atoms. The number of hydrogen-bond acceptors (Lipinski definition) is 5. The Morgan fingerprint density at radius 2 is 1.67 bits per heavy atom. The van der Waals surface area contributed by atoms with Crippen molar-refractivity contribution in [2.45, 2.75) is 13.8 Å². The SMILES string of the molecule is COc1ccc(C2=CC=NC3=CCN(c4cc(C)cc(C)c4)N32)cc1OC. The van der Waals surface area contributed by atoms with Gasteiger partial charge in [0, 0.05) is 11.8 Å². The summed E-state index contributed by atoms with van der Waals surface area (Å²) in [6.07, 6.45) is 6.01.